The third kappa shape index (κ3) is 3.60. The van der Waals surface area contributed by atoms with E-state index in [0.717, 1.165) is 32.5 Å². The molecule has 0 aliphatic carbocycles. The standard InChI is InChI=1S/C17H26N2O/c1-12-9-13(2)17(14(3)10-12)11-18-16-5-7-19(8-6-16)15(4)20/h9-10,16,18H,5-8,11H2,1-4H3. The average molecular weight is 274 g/mol. The number of hydrogen-bond donors (Lipinski definition) is 1. The fraction of sp³-hybridized carbons (Fsp3) is 0.588. The van der Waals surface area contributed by atoms with Crippen LogP contribution in [0, 0.1) is 20.8 Å². The molecular formula is C17H26N2O. The van der Waals surface area contributed by atoms with E-state index in [1.54, 1.807) is 6.92 Å². The average Bonchev–Trinajstić information content (AvgIpc) is 2.38. The predicted octanol–water partition coefficient (Wildman–Crippen LogP) is 2.71. The Morgan fingerprint density at radius 3 is 2.25 bits per heavy atom. The van der Waals surface area contributed by atoms with Crippen molar-refractivity contribution in [2.45, 2.75) is 53.1 Å². The van der Waals surface area contributed by atoms with Gasteiger partial charge in [0.25, 0.3) is 0 Å². The zero-order valence-electron chi connectivity index (χ0n) is 13.1. The summed E-state index contributed by atoms with van der Waals surface area (Å²) < 4.78 is 0. The number of nitrogens with zero attached hydrogens (tertiary/aromatic N) is 1. The number of carbonyl (C=O) groups is 1. The maximum atomic E-state index is 11.3. The van der Waals surface area contributed by atoms with E-state index in [1.165, 1.54) is 22.3 Å². The van der Waals surface area contributed by atoms with Gasteiger partial charge in [-0.05, 0) is 50.3 Å². The maximum absolute atomic E-state index is 11.3. The molecule has 0 saturated carbocycles. The third-order valence-corrected chi connectivity index (χ3v) is 4.35. The zero-order chi connectivity index (χ0) is 14.7. The molecule has 0 aromatic heterocycles. The lowest BCUT2D eigenvalue weighted by Crippen LogP contribution is -2.44. The number of likely N-dealkylation sites (tertiary alicyclic amines) is 1. The smallest absolute Gasteiger partial charge is 0.219 e. The Labute approximate surface area is 122 Å². The summed E-state index contributed by atoms with van der Waals surface area (Å²) in [6, 6.07) is 5.04. The van der Waals surface area contributed by atoms with Crippen LogP contribution in [-0.2, 0) is 11.3 Å². The van der Waals surface area contributed by atoms with E-state index in [-0.39, 0.29) is 5.91 Å². The minimum absolute atomic E-state index is 0.202. The Kier molecular flexibility index (Phi) is 4.81. The third-order valence-electron chi connectivity index (χ3n) is 4.35. The summed E-state index contributed by atoms with van der Waals surface area (Å²) in [7, 11) is 0. The normalized spacial score (nSPS) is 16.5. The van der Waals surface area contributed by atoms with Gasteiger partial charge in [0, 0.05) is 32.6 Å². The lowest BCUT2D eigenvalue weighted by atomic mass is 9.98. The van der Waals surface area contributed by atoms with E-state index in [1.807, 2.05) is 4.90 Å². The number of hydrogen-bond acceptors (Lipinski definition) is 2. The Balaban J connectivity index is 1.89. The van der Waals surface area contributed by atoms with E-state index in [0.29, 0.717) is 6.04 Å². The lowest BCUT2D eigenvalue weighted by Gasteiger charge is -2.32. The Morgan fingerprint density at radius 2 is 1.75 bits per heavy atom. The highest BCUT2D eigenvalue weighted by atomic mass is 16.2. The summed E-state index contributed by atoms with van der Waals surface area (Å²) in [5, 5.41) is 3.66. The molecule has 1 N–H and O–H groups in total. The molecule has 3 nitrogen and oxygen atoms in total. The highest BCUT2D eigenvalue weighted by molar-refractivity contribution is 5.73. The highest BCUT2D eigenvalue weighted by Gasteiger charge is 2.20. The van der Waals surface area contributed by atoms with Gasteiger partial charge in [-0.1, -0.05) is 17.7 Å². The van der Waals surface area contributed by atoms with Gasteiger partial charge in [-0.3, -0.25) is 4.79 Å². The van der Waals surface area contributed by atoms with Crippen LogP contribution in [0.25, 0.3) is 0 Å². The van der Waals surface area contributed by atoms with Gasteiger partial charge in [-0.25, -0.2) is 0 Å². The van der Waals surface area contributed by atoms with E-state index in [9.17, 15) is 4.79 Å². The van der Waals surface area contributed by atoms with Crippen molar-refractivity contribution in [2.24, 2.45) is 0 Å². The second-order valence-electron chi connectivity index (χ2n) is 6.04. The van der Waals surface area contributed by atoms with Gasteiger partial charge in [0.05, 0.1) is 0 Å². The molecule has 0 radical (unpaired) electrons. The molecule has 1 aromatic carbocycles. The van der Waals surface area contributed by atoms with E-state index in [4.69, 9.17) is 0 Å². The molecule has 20 heavy (non-hydrogen) atoms. The molecule has 0 unspecified atom stereocenters. The van der Waals surface area contributed by atoms with Crippen molar-refractivity contribution >= 4 is 5.91 Å². The highest BCUT2D eigenvalue weighted by Crippen LogP contribution is 2.17. The van der Waals surface area contributed by atoms with Crippen LogP contribution >= 0.6 is 0 Å². The van der Waals surface area contributed by atoms with Crippen LogP contribution in [0.5, 0.6) is 0 Å². The molecule has 2 rings (SSSR count). The minimum Gasteiger partial charge on any atom is -0.343 e. The second kappa shape index (κ2) is 6.40. The fourth-order valence-corrected chi connectivity index (χ4v) is 3.13. The monoisotopic (exact) mass is 274 g/mol. The van der Waals surface area contributed by atoms with E-state index >= 15 is 0 Å². The molecule has 1 aliphatic rings. The van der Waals surface area contributed by atoms with Gasteiger partial charge in [0.2, 0.25) is 5.91 Å². The number of amides is 1. The molecule has 0 atom stereocenters. The van der Waals surface area contributed by atoms with Crippen LogP contribution in [-0.4, -0.2) is 29.9 Å². The first-order chi connectivity index (χ1) is 9.47. The number of rotatable bonds is 3. The van der Waals surface area contributed by atoms with E-state index in [2.05, 4.69) is 38.2 Å². The summed E-state index contributed by atoms with van der Waals surface area (Å²) in [5.74, 6) is 0.202. The first-order valence-corrected chi connectivity index (χ1v) is 7.53. The van der Waals surface area contributed by atoms with E-state index < -0.39 is 0 Å². The molecule has 1 heterocycles. The van der Waals surface area contributed by atoms with Gasteiger partial charge in [-0.2, -0.15) is 0 Å². The molecular weight excluding hydrogens is 248 g/mol. The van der Waals surface area contributed by atoms with Gasteiger partial charge < -0.3 is 10.2 Å². The topological polar surface area (TPSA) is 32.3 Å². The van der Waals surface area contributed by atoms with Gasteiger partial charge in [0.1, 0.15) is 0 Å². The molecule has 0 bridgehead atoms. The van der Waals surface area contributed by atoms with Gasteiger partial charge in [-0.15, -0.1) is 0 Å². The summed E-state index contributed by atoms with van der Waals surface area (Å²) in [5.41, 5.74) is 5.50. The lowest BCUT2D eigenvalue weighted by molar-refractivity contribution is -0.129. The first kappa shape index (κ1) is 15.0. The number of nitrogens with one attached hydrogen (secondary N) is 1. The first-order valence-electron chi connectivity index (χ1n) is 7.53. The summed E-state index contributed by atoms with van der Waals surface area (Å²) in [6.07, 6.45) is 2.12. The van der Waals surface area contributed by atoms with Crippen LogP contribution in [0.3, 0.4) is 0 Å². The van der Waals surface area contributed by atoms with Crippen LogP contribution in [0.4, 0.5) is 0 Å². The van der Waals surface area contributed by atoms with Crippen molar-refractivity contribution in [2.75, 3.05) is 13.1 Å². The predicted molar refractivity (Wildman–Crippen MR) is 82.8 cm³/mol. The minimum atomic E-state index is 0.202. The molecule has 1 saturated heterocycles. The van der Waals surface area contributed by atoms with Gasteiger partial charge in [0.15, 0.2) is 0 Å². The van der Waals surface area contributed by atoms with Gasteiger partial charge >= 0.3 is 0 Å². The fourth-order valence-electron chi connectivity index (χ4n) is 3.13. The Bertz CT molecular complexity index is 465. The summed E-state index contributed by atoms with van der Waals surface area (Å²) in [4.78, 5) is 13.3. The second-order valence-corrected chi connectivity index (χ2v) is 6.04. The van der Waals surface area contributed by atoms with Crippen molar-refractivity contribution in [3.63, 3.8) is 0 Å². The van der Waals surface area contributed by atoms with Crippen molar-refractivity contribution < 1.29 is 4.79 Å². The zero-order valence-corrected chi connectivity index (χ0v) is 13.1. The number of benzene rings is 1. The Hall–Kier alpha value is -1.35. The quantitative estimate of drug-likeness (QED) is 0.919. The number of aryl methyl sites for hydroxylation is 3. The summed E-state index contributed by atoms with van der Waals surface area (Å²) in [6.45, 7) is 10.9. The number of piperidine rings is 1. The molecule has 0 spiro atoms. The molecule has 1 aliphatic heterocycles. The molecule has 1 fully saturated rings. The van der Waals surface area contributed by atoms with Crippen molar-refractivity contribution in [1.82, 2.24) is 10.2 Å². The molecule has 110 valence electrons. The van der Waals surface area contributed by atoms with Crippen molar-refractivity contribution in [3.05, 3.63) is 34.4 Å². The molecule has 3 heteroatoms. The van der Waals surface area contributed by atoms with Crippen LogP contribution in [0.2, 0.25) is 0 Å². The molecule has 1 aromatic rings. The Morgan fingerprint density at radius 1 is 1.20 bits per heavy atom. The van der Waals surface area contributed by atoms with Crippen LogP contribution in [0.15, 0.2) is 12.1 Å². The summed E-state index contributed by atoms with van der Waals surface area (Å²) >= 11 is 0. The maximum Gasteiger partial charge on any atom is 0.219 e. The SMILES string of the molecule is CC(=O)N1CCC(NCc2c(C)cc(C)cc2C)CC1. The molecule has 1 amide bonds. The number of carbonyl (C=O) groups excluding carboxylic acids is 1. The van der Waals surface area contributed by atoms with Crippen LogP contribution < -0.4 is 5.32 Å². The largest absolute Gasteiger partial charge is 0.343 e. The van der Waals surface area contributed by atoms with Crippen molar-refractivity contribution in [1.29, 1.82) is 0 Å². The van der Waals surface area contributed by atoms with Crippen LogP contribution in [0.1, 0.15) is 42.0 Å². The van der Waals surface area contributed by atoms with Crippen molar-refractivity contribution in [3.8, 4) is 0 Å².